The summed E-state index contributed by atoms with van der Waals surface area (Å²) in [6.45, 7) is 0.374. The highest BCUT2D eigenvalue weighted by Gasteiger charge is 2.24. The summed E-state index contributed by atoms with van der Waals surface area (Å²) in [5.41, 5.74) is 5.48. The van der Waals surface area contributed by atoms with Gasteiger partial charge in [0.25, 0.3) is 5.89 Å². The molecule has 0 aliphatic carbocycles. The van der Waals surface area contributed by atoms with E-state index in [1.54, 1.807) is 6.07 Å². The molecule has 2 aromatic rings. The lowest BCUT2D eigenvalue weighted by atomic mass is 10.2. The van der Waals surface area contributed by atoms with Gasteiger partial charge in [0, 0.05) is 0 Å². The third-order valence-electron chi connectivity index (χ3n) is 2.73. The van der Waals surface area contributed by atoms with Crippen molar-refractivity contribution in [3.05, 3.63) is 23.7 Å². The Hall–Kier alpha value is -1.27. The molecule has 2 aromatic heterocycles. The highest BCUT2D eigenvalue weighted by Crippen LogP contribution is 2.38. The van der Waals surface area contributed by atoms with Crippen LogP contribution in [0, 0.1) is 0 Å². The Morgan fingerprint density at radius 1 is 1.47 bits per heavy atom. The van der Waals surface area contributed by atoms with Gasteiger partial charge in [-0.1, -0.05) is 5.16 Å². The molecular formula is C11H13N3O2S. The van der Waals surface area contributed by atoms with E-state index in [-0.39, 0.29) is 0 Å². The van der Waals surface area contributed by atoms with Gasteiger partial charge in [0.15, 0.2) is 11.6 Å². The van der Waals surface area contributed by atoms with Crippen LogP contribution in [0.25, 0.3) is 11.7 Å². The normalized spacial score (nSPS) is 19.9. The zero-order valence-corrected chi connectivity index (χ0v) is 10.1. The van der Waals surface area contributed by atoms with Crippen molar-refractivity contribution in [2.45, 2.75) is 24.6 Å². The van der Waals surface area contributed by atoms with Gasteiger partial charge in [-0.3, -0.25) is 0 Å². The maximum absolute atomic E-state index is 5.48. The van der Waals surface area contributed by atoms with Crippen LogP contribution in [-0.2, 0) is 6.54 Å². The van der Waals surface area contributed by atoms with Crippen molar-refractivity contribution in [1.82, 2.24) is 10.1 Å². The highest BCUT2D eigenvalue weighted by atomic mass is 32.2. The topological polar surface area (TPSA) is 78.1 Å². The first-order valence-corrected chi connectivity index (χ1v) is 6.66. The summed E-state index contributed by atoms with van der Waals surface area (Å²) >= 11 is 1.88. The SMILES string of the molecule is NCc1ccc(-c2nc(C3CCCS3)no2)o1. The molecule has 1 atom stereocenters. The number of rotatable bonds is 3. The van der Waals surface area contributed by atoms with Crippen LogP contribution in [0.15, 0.2) is 21.1 Å². The molecule has 5 nitrogen and oxygen atoms in total. The van der Waals surface area contributed by atoms with Crippen LogP contribution in [0.3, 0.4) is 0 Å². The lowest BCUT2D eigenvalue weighted by molar-refractivity contribution is 0.404. The van der Waals surface area contributed by atoms with E-state index in [1.807, 2.05) is 17.8 Å². The first kappa shape index (κ1) is 10.9. The second-order valence-electron chi connectivity index (χ2n) is 3.93. The van der Waals surface area contributed by atoms with Crippen LogP contribution in [0.2, 0.25) is 0 Å². The Bertz CT molecular complexity index is 502. The fourth-order valence-electron chi connectivity index (χ4n) is 1.85. The minimum Gasteiger partial charge on any atom is -0.455 e. The maximum atomic E-state index is 5.48. The van der Waals surface area contributed by atoms with Crippen molar-refractivity contribution in [2.75, 3.05) is 5.75 Å². The number of furan rings is 1. The largest absolute Gasteiger partial charge is 0.455 e. The standard InChI is InChI=1S/C11H13N3O2S/c12-6-7-3-4-8(15-7)11-13-10(14-16-11)9-2-1-5-17-9/h3-4,9H,1-2,5-6,12H2. The molecule has 1 unspecified atom stereocenters. The van der Waals surface area contributed by atoms with Crippen molar-refractivity contribution in [2.24, 2.45) is 5.73 Å². The zero-order valence-electron chi connectivity index (χ0n) is 9.26. The average Bonchev–Trinajstić information content (AvgIpc) is 3.09. The van der Waals surface area contributed by atoms with E-state index in [0.29, 0.717) is 23.4 Å². The molecule has 1 aliphatic rings. The monoisotopic (exact) mass is 251 g/mol. The summed E-state index contributed by atoms with van der Waals surface area (Å²) in [4.78, 5) is 4.38. The molecule has 1 saturated heterocycles. The zero-order chi connectivity index (χ0) is 11.7. The van der Waals surface area contributed by atoms with Gasteiger partial charge >= 0.3 is 0 Å². The van der Waals surface area contributed by atoms with Crippen molar-refractivity contribution in [3.8, 4) is 11.7 Å². The van der Waals surface area contributed by atoms with Gasteiger partial charge in [-0.05, 0) is 30.7 Å². The molecule has 0 amide bonds. The molecule has 6 heteroatoms. The molecule has 0 aromatic carbocycles. The van der Waals surface area contributed by atoms with Gasteiger partial charge in [-0.25, -0.2) is 0 Å². The van der Waals surface area contributed by atoms with Gasteiger partial charge in [-0.15, -0.1) is 0 Å². The van der Waals surface area contributed by atoms with E-state index in [1.165, 1.54) is 12.2 Å². The van der Waals surface area contributed by atoms with Crippen molar-refractivity contribution >= 4 is 11.8 Å². The third kappa shape index (κ3) is 2.10. The number of hydrogen-bond donors (Lipinski definition) is 1. The molecule has 0 radical (unpaired) electrons. The van der Waals surface area contributed by atoms with Crippen LogP contribution >= 0.6 is 11.8 Å². The second kappa shape index (κ2) is 4.54. The molecular weight excluding hydrogens is 238 g/mol. The van der Waals surface area contributed by atoms with Gasteiger partial charge in [-0.2, -0.15) is 16.7 Å². The third-order valence-corrected chi connectivity index (χ3v) is 4.11. The Morgan fingerprint density at radius 3 is 3.12 bits per heavy atom. The lowest BCUT2D eigenvalue weighted by Crippen LogP contribution is -1.92. The summed E-state index contributed by atoms with van der Waals surface area (Å²) < 4.78 is 10.7. The highest BCUT2D eigenvalue weighted by molar-refractivity contribution is 7.99. The van der Waals surface area contributed by atoms with Crippen LogP contribution < -0.4 is 5.73 Å². The van der Waals surface area contributed by atoms with E-state index in [0.717, 1.165) is 18.0 Å². The van der Waals surface area contributed by atoms with E-state index in [2.05, 4.69) is 10.1 Å². The summed E-state index contributed by atoms with van der Waals surface area (Å²) in [6, 6.07) is 3.63. The first-order valence-electron chi connectivity index (χ1n) is 5.61. The fourth-order valence-corrected chi connectivity index (χ4v) is 3.05. The van der Waals surface area contributed by atoms with E-state index < -0.39 is 0 Å². The number of aromatic nitrogens is 2. The summed E-state index contributed by atoms with van der Waals surface area (Å²) in [5.74, 6) is 3.69. The first-order chi connectivity index (χ1) is 8.36. The summed E-state index contributed by atoms with van der Waals surface area (Å²) in [5, 5.41) is 4.38. The Kier molecular flexibility index (Phi) is 2.90. The van der Waals surface area contributed by atoms with E-state index >= 15 is 0 Å². The molecule has 90 valence electrons. The molecule has 0 spiro atoms. The summed E-state index contributed by atoms with van der Waals surface area (Å²) in [6.07, 6.45) is 2.34. The molecule has 2 N–H and O–H groups in total. The molecule has 0 bridgehead atoms. The minimum absolute atomic E-state index is 0.372. The fraction of sp³-hybridized carbons (Fsp3) is 0.455. The minimum atomic E-state index is 0.372. The van der Waals surface area contributed by atoms with Gasteiger partial charge < -0.3 is 14.7 Å². The van der Waals surface area contributed by atoms with Gasteiger partial charge in [0.2, 0.25) is 0 Å². The van der Waals surface area contributed by atoms with Crippen LogP contribution in [0.4, 0.5) is 0 Å². The predicted molar refractivity (Wildman–Crippen MR) is 64.3 cm³/mol. The average molecular weight is 251 g/mol. The van der Waals surface area contributed by atoms with E-state index in [9.17, 15) is 0 Å². The molecule has 17 heavy (non-hydrogen) atoms. The Morgan fingerprint density at radius 2 is 2.41 bits per heavy atom. The molecule has 3 heterocycles. The quantitative estimate of drug-likeness (QED) is 0.902. The van der Waals surface area contributed by atoms with Crippen molar-refractivity contribution in [3.63, 3.8) is 0 Å². The van der Waals surface area contributed by atoms with Gasteiger partial charge in [0.1, 0.15) is 5.76 Å². The van der Waals surface area contributed by atoms with Crippen LogP contribution in [0.5, 0.6) is 0 Å². The van der Waals surface area contributed by atoms with Crippen molar-refractivity contribution in [1.29, 1.82) is 0 Å². The number of nitrogens with zero attached hydrogens (tertiary/aromatic N) is 2. The molecule has 3 rings (SSSR count). The smallest absolute Gasteiger partial charge is 0.293 e. The Balaban J connectivity index is 1.83. The second-order valence-corrected chi connectivity index (χ2v) is 5.24. The maximum Gasteiger partial charge on any atom is 0.293 e. The van der Waals surface area contributed by atoms with Crippen molar-refractivity contribution < 1.29 is 8.94 Å². The van der Waals surface area contributed by atoms with Crippen LogP contribution in [-0.4, -0.2) is 15.9 Å². The van der Waals surface area contributed by atoms with Crippen LogP contribution in [0.1, 0.15) is 29.7 Å². The van der Waals surface area contributed by atoms with E-state index in [4.69, 9.17) is 14.7 Å². The molecule has 1 fully saturated rings. The molecule has 0 saturated carbocycles. The number of nitrogens with two attached hydrogens (primary N) is 1. The lowest BCUT2D eigenvalue weighted by Gasteiger charge is -1.98. The summed E-state index contributed by atoms with van der Waals surface area (Å²) in [7, 11) is 0. The molecule has 1 aliphatic heterocycles. The number of hydrogen-bond acceptors (Lipinski definition) is 6. The predicted octanol–water partition coefficient (Wildman–Crippen LogP) is 2.36. The van der Waals surface area contributed by atoms with Gasteiger partial charge in [0.05, 0.1) is 11.8 Å². The Labute approximate surface area is 103 Å². The number of thioether (sulfide) groups is 1.